The predicted octanol–water partition coefficient (Wildman–Crippen LogP) is -1.08. The summed E-state index contributed by atoms with van der Waals surface area (Å²) < 4.78 is 2.07. The van der Waals surface area contributed by atoms with Gasteiger partial charge in [-0.3, -0.25) is 14.2 Å². The van der Waals surface area contributed by atoms with Crippen molar-refractivity contribution in [2.45, 2.75) is 25.3 Å². The predicted molar refractivity (Wildman–Crippen MR) is 67.3 cm³/mol. The summed E-state index contributed by atoms with van der Waals surface area (Å²) in [5, 5.41) is 12.9. The van der Waals surface area contributed by atoms with Gasteiger partial charge in [0.2, 0.25) is 5.82 Å². The zero-order valence-electron chi connectivity index (χ0n) is 10.9. The molecule has 0 amide bonds. The van der Waals surface area contributed by atoms with Gasteiger partial charge < -0.3 is 10.0 Å². The van der Waals surface area contributed by atoms with Gasteiger partial charge in [0.15, 0.2) is 0 Å². The van der Waals surface area contributed by atoms with E-state index in [9.17, 15) is 14.4 Å². The minimum Gasteiger partial charge on any atom is -0.481 e. The van der Waals surface area contributed by atoms with Gasteiger partial charge in [-0.25, -0.2) is 9.48 Å². The van der Waals surface area contributed by atoms with E-state index in [1.165, 1.54) is 14.1 Å². The number of hydrogen-bond donors (Lipinski definition) is 1. The van der Waals surface area contributed by atoms with Gasteiger partial charge in [0.25, 0.3) is 5.56 Å². The summed E-state index contributed by atoms with van der Waals surface area (Å²) in [5.41, 5.74) is -0.983. The maximum atomic E-state index is 12.1. The van der Waals surface area contributed by atoms with Crippen LogP contribution >= 0.6 is 0 Å². The van der Waals surface area contributed by atoms with Crippen LogP contribution in [0.2, 0.25) is 0 Å². The first kappa shape index (κ1) is 13.3. The highest BCUT2D eigenvalue weighted by molar-refractivity contribution is 5.68. The van der Waals surface area contributed by atoms with E-state index in [-0.39, 0.29) is 18.3 Å². The van der Waals surface area contributed by atoms with Crippen LogP contribution < -0.4 is 16.1 Å². The molecule has 1 saturated heterocycles. The lowest BCUT2D eigenvalue weighted by Crippen LogP contribution is -2.44. The molecule has 2 rings (SSSR count). The highest BCUT2D eigenvalue weighted by Crippen LogP contribution is 2.23. The minimum absolute atomic E-state index is 0.0341. The topological polar surface area (TPSA) is 97.4 Å². The van der Waals surface area contributed by atoms with E-state index in [0.717, 1.165) is 15.7 Å². The second-order valence-electron chi connectivity index (χ2n) is 4.68. The Morgan fingerprint density at radius 1 is 1.42 bits per heavy atom. The summed E-state index contributed by atoms with van der Waals surface area (Å²) in [6.07, 6.45) is 1.49. The van der Waals surface area contributed by atoms with Crippen LogP contribution in [0.1, 0.15) is 19.3 Å². The molecule has 1 fully saturated rings. The van der Waals surface area contributed by atoms with Gasteiger partial charge in [0.1, 0.15) is 0 Å². The van der Waals surface area contributed by atoms with Gasteiger partial charge >= 0.3 is 11.7 Å². The van der Waals surface area contributed by atoms with E-state index in [0.29, 0.717) is 13.0 Å². The molecule has 0 saturated carbocycles. The molecule has 0 aromatic carbocycles. The van der Waals surface area contributed by atoms with Crippen molar-refractivity contribution in [1.82, 2.24) is 14.3 Å². The number of carboxylic acid groups (broad SMARTS) is 1. The first-order chi connectivity index (χ1) is 8.91. The fraction of sp³-hybridized carbons (Fsp3) is 0.636. The smallest absolute Gasteiger partial charge is 0.346 e. The molecule has 8 nitrogen and oxygen atoms in total. The Hall–Kier alpha value is -2.12. The fourth-order valence-electron chi connectivity index (χ4n) is 2.39. The second kappa shape index (κ2) is 4.87. The monoisotopic (exact) mass is 268 g/mol. The molecule has 19 heavy (non-hydrogen) atoms. The molecule has 1 atom stereocenters. The Kier molecular flexibility index (Phi) is 3.41. The normalized spacial score (nSPS) is 18.8. The summed E-state index contributed by atoms with van der Waals surface area (Å²) in [6.45, 7) is 0.582. The third-order valence-corrected chi connectivity index (χ3v) is 3.36. The van der Waals surface area contributed by atoms with Crippen molar-refractivity contribution in [3.63, 3.8) is 0 Å². The number of hydrogen-bond acceptors (Lipinski definition) is 5. The number of aryl methyl sites for hydroxylation is 1. The molecule has 1 aromatic rings. The third kappa shape index (κ3) is 2.38. The molecule has 1 N–H and O–H groups in total. The maximum Gasteiger partial charge on any atom is 0.346 e. The van der Waals surface area contributed by atoms with Crippen LogP contribution in [0.3, 0.4) is 0 Å². The third-order valence-electron chi connectivity index (χ3n) is 3.36. The van der Waals surface area contributed by atoms with Crippen molar-refractivity contribution in [2.75, 3.05) is 11.4 Å². The zero-order chi connectivity index (χ0) is 14.2. The molecule has 0 spiro atoms. The molecule has 1 aliphatic rings. The summed E-state index contributed by atoms with van der Waals surface area (Å²) in [5.74, 6) is -0.758. The molecule has 1 aromatic heterocycles. The maximum absolute atomic E-state index is 12.1. The number of aromatic nitrogens is 3. The lowest BCUT2D eigenvalue weighted by molar-refractivity contribution is -0.137. The molecule has 1 aliphatic heterocycles. The molecule has 0 bridgehead atoms. The number of carbonyl (C=O) groups is 1. The van der Waals surface area contributed by atoms with Crippen LogP contribution in [-0.2, 0) is 18.9 Å². The molecule has 104 valence electrons. The van der Waals surface area contributed by atoms with Gasteiger partial charge in [0.05, 0.1) is 6.42 Å². The van der Waals surface area contributed by atoms with Gasteiger partial charge in [-0.2, -0.15) is 0 Å². The first-order valence-electron chi connectivity index (χ1n) is 6.04. The lowest BCUT2D eigenvalue weighted by atomic mass is 10.1. The van der Waals surface area contributed by atoms with Crippen molar-refractivity contribution >= 4 is 11.8 Å². The molecular weight excluding hydrogens is 252 g/mol. The quantitative estimate of drug-likeness (QED) is 0.749. The molecule has 2 heterocycles. The van der Waals surface area contributed by atoms with Crippen molar-refractivity contribution in [2.24, 2.45) is 14.1 Å². The van der Waals surface area contributed by atoms with E-state index < -0.39 is 17.2 Å². The van der Waals surface area contributed by atoms with Gasteiger partial charge in [0, 0.05) is 26.7 Å². The minimum atomic E-state index is -0.904. The van der Waals surface area contributed by atoms with E-state index in [4.69, 9.17) is 5.11 Å². The van der Waals surface area contributed by atoms with Crippen LogP contribution in [0.25, 0.3) is 0 Å². The summed E-state index contributed by atoms with van der Waals surface area (Å²) in [4.78, 5) is 36.1. The number of carboxylic acids is 1. The Morgan fingerprint density at radius 2 is 2.11 bits per heavy atom. The standard InChI is InChI=1S/C11H16N4O4/c1-13-10(18)9(12-14(2)11(13)19)15-5-3-4-7(15)6-8(16)17/h7H,3-6H2,1-2H3,(H,16,17). The number of rotatable bonds is 3. The number of aliphatic carboxylic acids is 1. The number of anilines is 1. The Balaban J connectivity index is 2.44. The average Bonchev–Trinajstić information content (AvgIpc) is 2.78. The lowest BCUT2D eigenvalue weighted by Gasteiger charge is -2.24. The summed E-state index contributed by atoms with van der Waals surface area (Å²) >= 11 is 0. The van der Waals surface area contributed by atoms with Crippen LogP contribution in [-0.4, -0.2) is 38.0 Å². The van der Waals surface area contributed by atoms with Crippen LogP contribution in [0.5, 0.6) is 0 Å². The second-order valence-corrected chi connectivity index (χ2v) is 4.68. The van der Waals surface area contributed by atoms with Crippen molar-refractivity contribution < 1.29 is 9.90 Å². The Morgan fingerprint density at radius 3 is 2.74 bits per heavy atom. The molecule has 1 unspecified atom stereocenters. The highest BCUT2D eigenvalue weighted by atomic mass is 16.4. The largest absolute Gasteiger partial charge is 0.481 e. The van der Waals surface area contributed by atoms with Gasteiger partial charge in [-0.05, 0) is 12.8 Å². The summed E-state index contributed by atoms with van der Waals surface area (Å²) in [7, 11) is 2.85. The van der Waals surface area contributed by atoms with E-state index in [2.05, 4.69) is 5.10 Å². The van der Waals surface area contributed by atoms with Crippen molar-refractivity contribution in [3.05, 3.63) is 20.8 Å². The summed E-state index contributed by atoms with van der Waals surface area (Å²) in [6, 6.07) is -0.241. The highest BCUT2D eigenvalue weighted by Gasteiger charge is 2.30. The van der Waals surface area contributed by atoms with E-state index >= 15 is 0 Å². The first-order valence-corrected chi connectivity index (χ1v) is 6.04. The Bertz CT molecular complexity index is 618. The van der Waals surface area contributed by atoms with Crippen LogP contribution in [0.4, 0.5) is 5.82 Å². The molecule has 0 radical (unpaired) electrons. The molecule has 0 aliphatic carbocycles. The van der Waals surface area contributed by atoms with Gasteiger partial charge in [-0.1, -0.05) is 0 Å². The van der Waals surface area contributed by atoms with Crippen molar-refractivity contribution in [3.8, 4) is 0 Å². The fourth-order valence-corrected chi connectivity index (χ4v) is 2.39. The Labute approximate surface area is 108 Å². The average molecular weight is 268 g/mol. The number of nitrogens with zero attached hydrogens (tertiary/aromatic N) is 4. The molecular formula is C11H16N4O4. The van der Waals surface area contributed by atoms with Crippen LogP contribution in [0, 0.1) is 0 Å². The van der Waals surface area contributed by atoms with E-state index in [1.807, 2.05) is 0 Å². The van der Waals surface area contributed by atoms with E-state index in [1.54, 1.807) is 4.90 Å². The van der Waals surface area contributed by atoms with Crippen molar-refractivity contribution in [1.29, 1.82) is 0 Å². The zero-order valence-corrected chi connectivity index (χ0v) is 10.9. The van der Waals surface area contributed by atoms with Crippen LogP contribution in [0.15, 0.2) is 9.59 Å². The van der Waals surface area contributed by atoms with Gasteiger partial charge in [-0.15, -0.1) is 5.10 Å². The molecule has 8 heteroatoms. The SMILES string of the molecule is Cn1nc(N2CCCC2CC(=O)O)c(=O)n(C)c1=O.